The van der Waals surface area contributed by atoms with Gasteiger partial charge < -0.3 is 24.7 Å². The summed E-state index contributed by atoms with van der Waals surface area (Å²) in [5, 5.41) is 6.86. The Morgan fingerprint density at radius 3 is 2.15 bits per heavy atom. The van der Waals surface area contributed by atoms with E-state index in [0.717, 1.165) is 31.2 Å². The van der Waals surface area contributed by atoms with E-state index in [2.05, 4.69) is 29.6 Å². The molecular formula is C24H28ClN7O2. The van der Waals surface area contributed by atoms with Crippen molar-refractivity contribution in [2.45, 2.75) is 49.9 Å². The fraction of sp³-hybridized carbons (Fsp3) is 0.333. The summed E-state index contributed by atoms with van der Waals surface area (Å²) in [6.45, 7) is 0. The lowest BCUT2D eigenvalue weighted by molar-refractivity contribution is 0.0884. The van der Waals surface area contributed by atoms with Gasteiger partial charge in [-0.1, -0.05) is 35.5 Å². The Hall–Kier alpha value is -3.43. The SMILES string of the molecule is Cl.NC1CC(n2ccnc2)C1.O=C(NC1CC(n2ccnc2)C1)c1cc(-c2ccccc2)on1. The molecule has 0 bridgehead atoms. The van der Waals surface area contributed by atoms with Crippen LogP contribution in [-0.2, 0) is 0 Å². The van der Waals surface area contributed by atoms with Gasteiger partial charge in [0.25, 0.3) is 5.91 Å². The lowest BCUT2D eigenvalue weighted by Gasteiger charge is -2.36. The minimum absolute atomic E-state index is 0. The van der Waals surface area contributed by atoms with Crippen molar-refractivity contribution in [3.63, 3.8) is 0 Å². The van der Waals surface area contributed by atoms with E-state index in [1.807, 2.05) is 61.6 Å². The molecule has 3 N–H and O–H groups in total. The van der Waals surface area contributed by atoms with Crippen LogP contribution >= 0.6 is 12.4 Å². The number of hydrogen-bond acceptors (Lipinski definition) is 6. The van der Waals surface area contributed by atoms with Crippen LogP contribution in [0, 0.1) is 0 Å². The third kappa shape index (κ3) is 5.37. The van der Waals surface area contributed by atoms with Gasteiger partial charge in [-0.25, -0.2) is 9.97 Å². The van der Waals surface area contributed by atoms with E-state index in [-0.39, 0.29) is 24.4 Å². The molecule has 2 saturated carbocycles. The minimum Gasteiger partial charge on any atom is -0.355 e. The van der Waals surface area contributed by atoms with Crippen LogP contribution in [0.2, 0.25) is 0 Å². The number of nitrogens with one attached hydrogen (secondary N) is 1. The number of amides is 1. The molecule has 2 aliphatic carbocycles. The molecule has 0 atom stereocenters. The first-order chi connectivity index (χ1) is 16.2. The highest BCUT2D eigenvalue weighted by Gasteiger charge is 2.32. The molecule has 0 unspecified atom stereocenters. The van der Waals surface area contributed by atoms with E-state index in [9.17, 15) is 4.79 Å². The van der Waals surface area contributed by atoms with Crippen LogP contribution in [0.15, 0.2) is 78.4 Å². The number of hydrogen-bond donors (Lipinski definition) is 2. The lowest BCUT2D eigenvalue weighted by Crippen LogP contribution is -2.44. The van der Waals surface area contributed by atoms with Gasteiger partial charge in [0.05, 0.1) is 12.7 Å². The zero-order valence-electron chi connectivity index (χ0n) is 18.6. The van der Waals surface area contributed by atoms with Crippen molar-refractivity contribution in [1.82, 2.24) is 29.6 Å². The number of rotatable bonds is 5. The molecule has 0 aliphatic heterocycles. The first-order valence-electron chi connectivity index (χ1n) is 11.2. The van der Waals surface area contributed by atoms with Crippen LogP contribution in [0.3, 0.4) is 0 Å². The molecule has 3 aromatic heterocycles. The third-order valence-electron chi connectivity index (χ3n) is 6.29. The van der Waals surface area contributed by atoms with E-state index in [1.165, 1.54) is 0 Å². The number of nitrogens with zero attached hydrogens (tertiary/aromatic N) is 5. The molecule has 9 nitrogen and oxygen atoms in total. The van der Waals surface area contributed by atoms with Gasteiger partial charge >= 0.3 is 0 Å². The monoisotopic (exact) mass is 481 g/mol. The highest BCUT2D eigenvalue weighted by atomic mass is 35.5. The smallest absolute Gasteiger partial charge is 0.273 e. The maximum atomic E-state index is 12.2. The predicted molar refractivity (Wildman–Crippen MR) is 129 cm³/mol. The number of aromatic nitrogens is 5. The summed E-state index contributed by atoms with van der Waals surface area (Å²) < 4.78 is 9.47. The van der Waals surface area contributed by atoms with Crippen molar-refractivity contribution in [3.8, 4) is 11.3 Å². The second-order valence-corrected chi connectivity index (χ2v) is 8.64. The Kier molecular flexibility index (Phi) is 7.44. The maximum absolute atomic E-state index is 12.2. The summed E-state index contributed by atoms with van der Waals surface area (Å²) in [5.74, 6) is 0.408. The largest absolute Gasteiger partial charge is 0.355 e. The third-order valence-corrected chi connectivity index (χ3v) is 6.29. The van der Waals surface area contributed by atoms with Gasteiger partial charge in [0.15, 0.2) is 11.5 Å². The minimum atomic E-state index is -0.190. The Morgan fingerprint density at radius 1 is 0.971 bits per heavy atom. The normalized spacial score (nSPS) is 22.9. The quantitative estimate of drug-likeness (QED) is 0.449. The van der Waals surface area contributed by atoms with Crippen molar-refractivity contribution in [3.05, 3.63) is 79.5 Å². The van der Waals surface area contributed by atoms with Gasteiger partial charge in [-0.3, -0.25) is 4.79 Å². The maximum Gasteiger partial charge on any atom is 0.273 e. The summed E-state index contributed by atoms with van der Waals surface area (Å²) in [5.41, 5.74) is 6.86. The molecular weight excluding hydrogens is 454 g/mol. The molecule has 4 aromatic rings. The second kappa shape index (κ2) is 10.7. The van der Waals surface area contributed by atoms with Crippen molar-refractivity contribution in [1.29, 1.82) is 0 Å². The number of halogens is 1. The number of imidazole rings is 2. The molecule has 2 fully saturated rings. The van der Waals surface area contributed by atoms with Crippen LogP contribution in [0.25, 0.3) is 11.3 Å². The first kappa shape index (κ1) is 23.7. The average molecular weight is 482 g/mol. The van der Waals surface area contributed by atoms with Crippen LogP contribution in [0.4, 0.5) is 0 Å². The first-order valence-corrected chi connectivity index (χ1v) is 11.2. The zero-order valence-corrected chi connectivity index (χ0v) is 19.4. The van der Waals surface area contributed by atoms with Crippen LogP contribution in [-0.4, -0.2) is 42.2 Å². The fourth-order valence-electron chi connectivity index (χ4n) is 4.17. The Balaban J connectivity index is 0.000000209. The van der Waals surface area contributed by atoms with Gasteiger partial charge in [0, 0.05) is 60.6 Å². The molecule has 2 aliphatic rings. The molecule has 0 saturated heterocycles. The van der Waals surface area contributed by atoms with E-state index in [4.69, 9.17) is 10.3 Å². The van der Waals surface area contributed by atoms with E-state index in [0.29, 0.717) is 29.6 Å². The van der Waals surface area contributed by atoms with Gasteiger partial charge in [-0.2, -0.15) is 0 Å². The number of carbonyl (C=O) groups excluding carboxylic acids is 1. The van der Waals surface area contributed by atoms with Gasteiger partial charge in [0.1, 0.15) is 0 Å². The van der Waals surface area contributed by atoms with E-state index >= 15 is 0 Å². The lowest BCUT2D eigenvalue weighted by atomic mass is 9.86. The molecule has 178 valence electrons. The molecule has 34 heavy (non-hydrogen) atoms. The average Bonchev–Trinajstić information content (AvgIpc) is 3.57. The Labute approximate surface area is 203 Å². The van der Waals surface area contributed by atoms with Crippen molar-refractivity contribution >= 4 is 18.3 Å². The molecule has 10 heteroatoms. The number of benzene rings is 1. The van der Waals surface area contributed by atoms with Crippen LogP contribution in [0.5, 0.6) is 0 Å². The zero-order chi connectivity index (χ0) is 22.6. The molecule has 1 amide bonds. The van der Waals surface area contributed by atoms with Crippen LogP contribution < -0.4 is 11.1 Å². The molecule has 0 spiro atoms. The molecule has 3 heterocycles. The van der Waals surface area contributed by atoms with Gasteiger partial charge in [-0.15, -0.1) is 12.4 Å². The van der Waals surface area contributed by atoms with Gasteiger partial charge in [-0.05, 0) is 25.7 Å². The van der Waals surface area contributed by atoms with Crippen LogP contribution in [0.1, 0.15) is 48.3 Å². The topological polar surface area (TPSA) is 117 Å². The van der Waals surface area contributed by atoms with Crippen molar-refractivity contribution in [2.75, 3.05) is 0 Å². The second-order valence-electron chi connectivity index (χ2n) is 8.64. The standard InChI is InChI=1S/C17H16N4O2.C7H11N3.ClH/c22-17(19-13-8-14(9-13)21-7-6-18-11-21)15-10-16(23-20-15)12-4-2-1-3-5-12;8-6-3-7(4-6)10-2-1-9-5-10;/h1-7,10-11,13-14H,8-9H2,(H,19,22);1-2,5-7H,3-4,8H2;1H. The Morgan fingerprint density at radius 2 is 1.59 bits per heavy atom. The highest BCUT2D eigenvalue weighted by Crippen LogP contribution is 2.32. The number of carbonyl (C=O) groups is 1. The molecule has 1 aromatic carbocycles. The van der Waals surface area contributed by atoms with Gasteiger partial charge in [0.2, 0.25) is 0 Å². The highest BCUT2D eigenvalue weighted by molar-refractivity contribution is 5.93. The fourth-order valence-corrected chi connectivity index (χ4v) is 4.17. The van der Waals surface area contributed by atoms with E-state index < -0.39 is 0 Å². The van der Waals surface area contributed by atoms with Crippen molar-refractivity contribution < 1.29 is 9.32 Å². The number of nitrogens with two attached hydrogens (primary N) is 1. The summed E-state index contributed by atoms with van der Waals surface area (Å²) >= 11 is 0. The van der Waals surface area contributed by atoms with Crippen molar-refractivity contribution in [2.24, 2.45) is 5.73 Å². The molecule has 0 radical (unpaired) electrons. The van der Waals surface area contributed by atoms with E-state index in [1.54, 1.807) is 12.3 Å². The summed E-state index contributed by atoms with van der Waals surface area (Å²) in [6.07, 6.45) is 15.2. The summed E-state index contributed by atoms with van der Waals surface area (Å²) in [7, 11) is 0. The molecule has 6 rings (SSSR count). The summed E-state index contributed by atoms with van der Waals surface area (Å²) in [4.78, 5) is 20.2. The predicted octanol–water partition coefficient (Wildman–Crippen LogP) is 3.64. The Bertz CT molecular complexity index is 1150. The summed E-state index contributed by atoms with van der Waals surface area (Å²) in [6, 6.07) is 12.9.